The fourth-order valence-corrected chi connectivity index (χ4v) is 4.90. The van der Waals surface area contributed by atoms with Gasteiger partial charge in [-0.2, -0.15) is 23.8 Å². The first-order valence-electron chi connectivity index (χ1n) is 12.1. The van der Waals surface area contributed by atoms with Crippen molar-refractivity contribution in [2.24, 2.45) is 10.7 Å². The van der Waals surface area contributed by atoms with Crippen LogP contribution in [0.1, 0.15) is 34.6 Å². The Labute approximate surface area is 236 Å². The van der Waals surface area contributed by atoms with Gasteiger partial charge in [-0.25, -0.2) is 9.67 Å². The van der Waals surface area contributed by atoms with E-state index in [-0.39, 0.29) is 28.9 Å². The molecular weight excluding hydrogens is 574 g/mol. The van der Waals surface area contributed by atoms with Gasteiger partial charge in [-0.15, -0.1) is 0 Å². The van der Waals surface area contributed by atoms with Gasteiger partial charge in [-0.05, 0) is 43.7 Å². The van der Waals surface area contributed by atoms with Gasteiger partial charge in [-0.3, -0.25) is 14.8 Å². The lowest BCUT2D eigenvalue weighted by molar-refractivity contribution is -0.169. The molecule has 15 heteroatoms. The van der Waals surface area contributed by atoms with Crippen molar-refractivity contribution in [2.45, 2.75) is 50.5 Å². The van der Waals surface area contributed by atoms with Crippen LogP contribution in [0.3, 0.4) is 0 Å². The van der Waals surface area contributed by atoms with Crippen LogP contribution in [-0.2, 0) is 15.8 Å². The fourth-order valence-electron chi connectivity index (χ4n) is 4.63. The number of pyridine rings is 1. The van der Waals surface area contributed by atoms with Crippen LogP contribution in [0.5, 0.6) is 0 Å². The van der Waals surface area contributed by atoms with E-state index >= 15 is 0 Å². The number of alkyl halides is 3. The molecule has 10 nitrogen and oxygen atoms in total. The second-order valence-corrected chi connectivity index (χ2v) is 10.2. The number of allylic oxidation sites excluding steroid dienone is 1. The highest BCUT2D eigenvalue weighted by atomic mass is 35.5. The van der Waals surface area contributed by atoms with E-state index in [9.17, 15) is 18.3 Å². The Morgan fingerprint density at radius 3 is 2.75 bits per heavy atom. The number of nitrogens with one attached hydrogen (secondary N) is 1. The van der Waals surface area contributed by atoms with Crippen molar-refractivity contribution in [3.8, 4) is 5.69 Å². The van der Waals surface area contributed by atoms with Crippen molar-refractivity contribution in [3.05, 3.63) is 75.2 Å². The van der Waals surface area contributed by atoms with Gasteiger partial charge < -0.3 is 15.6 Å². The lowest BCUT2D eigenvalue weighted by Crippen LogP contribution is -2.52. The smallest absolute Gasteiger partial charge is 0.404 e. The Kier molecular flexibility index (Phi) is 7.88. The molecular formula is C25H24Cl2F3N7O3. The van der Waals surface area contributed by atoms with Crippen LogP contribution in [0.15, 0.2) is 41.7 Å². The molecule has 1 aromatic carbocycles. The number of benzene rings is 1. The maximum absolute atomic E-state index is 13.9. The molecule has 4 N–H and O–H groups in total. The minimum Gasteiger partial charge on any atom is -0.404 e. The van der Waals surface area contributed by atoms with Crippen LogP contribution >= 0.6 is 23.2 Å². The number of hydrogen-bond acceptors (Lipinski definition) is 9. The first-order valence-corrected chi connectivity index (χ1v) is 12.8. The number of aryl methyl sites for hydroxylation is 2. The number of nitrogens with two attached hydrogens (primary N) is 1. The van der Waals surface area contributed by atoms with Gasteiger partial charge in [0, 0.05) is 29.2 Å². The Hall–Kier alpha value is -3.07. The molecule has 2 aliphatic rings. The molecule has 3 aromatic rings. The van der Waals surface area contributed by atoms with Gasteiger partial charge >= 0.3 is 6.18 Å². The lowest BCUT2D eigenvalue weighted by atomic mass is 9.92. The highest BCUT2D eigenvalue weighted by Crippen LogP contribution is 2.39. The van der Waals surface area contributed by atoms with Crippen molar-refractivity contribution in [2.75, 3.05) is 6.54 Å². The van der Waals surface area contributed by atoms with Crippen LogP contribution < -0.4 is 11.2 Å². The van der Waals surface area contributed by atoms with Crippen LogP contribution in [0.2, 0.25) is 10.0 Å². The zero-order valence-electron chi connectivity index (χ0n) is 21.1. The Morgan fingerprint density at radius 2 is 2.05 bits per heavy atom. The monoisotopic (exact) mass is 597 g/mol. The topological polar surface area (TPSA) is 133 Å². The fraction of sp³-hybridized carbons (Fsp3) is 0.360. The number of aliphatic imine (C=N–C) groups is 1. The van der Waals surface area contributed by atoms with E-state index < -0.39 is 42.2 Å². The van der Waals surface area contributed by atoms with Crippen molar-refractivity contribution in [1.29, 1.82) is 0 Å². The molecule has 0 saturated carbocycles. The molecule has 40 heavy (non-hydrogen) atoms. The number of halogens is 5. The zero-order valence-corrected chi connectivity index (χ0v) is 22.6. The van der Waals surface area contributed by atoms with E-state index in [4.69, 9.17) is 38.5 Å². The summed E-state index contributed by atoms with van der Waals surface area (Å²) in [6.07, 6.45) is -4.39. The minimum atomic E-state index is -4.71. The van der Waals surface area contributed by atoms with Crippen molar-refractivity contribution < 1.29 is 27.9 Å². The number of aliphatic hydroxyl groups is 1. The quantitative estimate of drug-likeness (QED) is 0.379. The third kappa shape index (κ3) is 5.45. The number of hydroxylamine groups is 1. The third-order valence-electron chi connectivity index (χ3n) is 6.58. The summed E-state index contributed by atoms with van der Waals surface area (Å²) >= 11 is 12.1. The van der Waals surface area contributed by atoms with Crippen LogP contribution in [-0.4, -0.2) is 62.0 Å². The third-order valence-corrected chi connectivity index (χ3v) is 7.21. The van der Waals surface area contributed by atoms with Gasteiger partial charge in [0.15, 0.2) is 5.82 Å². The molecule has 0 bridgehead atoms. The highest BCUT2D eigenvalue weighted by Gasteiger charge is 2.51. The maximum Gasteiger partial charge on any atom is 0.418 e. The van der Waals surface area contributed by atoms with E-state index in [0.29, 0.717) is 16.3 Å². The number of ether oxygens (including phenoxy) is 1. The van der Waals surface area contributed by atoms with E-state index in [1.165, 1.54) is 25.5 Å². The molecule has 0 radical (unpaired) electrons. The average molecular weight is 598 g/mol. The predicted octanol–water partition coefficient (Wildman–Crippen LogP) is 3.75. The van der Waals surface area contributed by atoms with Gasteiger partial charge in [-0.1, -0.05) is 23.2 Å². The number of fused-ring (bicyclic) bond motifs is 1. The predicted molar refractivity (Wildman–Crippen MR) is 141 cm³/mol. The molecule has 212 valence electrons. The largest absolute Gasteiger partial charge is 0.418 e. The maximum atomic E-state index is 13.9. The van der Waals surface area contributed by atoms with E-state index in [2.05, 4.69) is 25.5 Å². The molecule has 5 rings (SSSR count). The number of aromatic nitrogens is 4. The lowest BCUT2D eigenvalue weighted by Gasteiger charge is -2.38. The molecule has 0 amide bonds. The zero-order chi connectivity index (χ0) is 28.8. The SMILES string of the molecule is Cc1nc(C2OC3CNOC3C(N=C/C(=C\N)c3cc(C)c(Cl)cn3)C2O)n(-c2cc(Cl)ccc2C(F)(F)F)n1. The second kappa shape index (κ2) is 11.1. The molecule has 2 aliphatic heterocycles. The number of rotatable bonds is 5. The summed E-state index contributed by atoms with van der Waals surface area (Å²) < 4.78 is 48.8. The number of hydrogen-bond donors (Lipinski definition) is 3. The van der Waals surface area contributed by atoms with Gasteiger partial charge in [0.2, 0.25) is 0 Å². The van der Waals surface area contributed by atoms with Crippen molar-refractivity contribution >= 4 is 35.0 Å². The molecule has 5 unspecified atom stereocenters. The highest BCUT2D eigenvalue weighted by molar-refractivity contribution is 6.31. The summed E-state index contributed by atoms with van der Waals surface area (Å²) in [5, 5.41) is 16.2. The molecule has 0 aliphatic carbocycles. The van der Waals surface area contributed by atoms with Gasteiger partial charge in [0.25, 0.3) is 0 Å². The van der Waals surface area contributed by atoms with Crippen LogP contribution in [0.25, 0.3) is 11.3 Å². The Bertz CT molecular complexity index is 1480. The van der Waals surface area contributed by atoms with Crippen LogP contribution in [0, 0.1) is 13.8 Å². The standard InChI is InChI=1S/C25H24Cl2F3N7O3/c1-11-5-17(32-9-16(11)27)13(7-31)8-33-20-21(38)23(39-19-10-34-40-22(19)20)24-35-12(2)36-37(24)18-6-14(26)3-4-15(18)25(28,29)30/h3-9,19-23,34,38H,10,31H2,1-2H3/b13-7+,33-8?. The normalized spacial score (nSPS) is 25.5. The summed E-state index contributed by atoms with van der Waals surface area (Å²) in [6.45, 7) is 3.58. The minimum absolute atomic E-state index is 0.0482. The Morgan fingerprint density at radius 1 is 1.27 bits per heavy atom. The second-order valence-electron chi connectivity index (χ2n) is 9.31. The van der Waals surface area contributed by atoms with Crippen molar-refractivity contribution in [3.63, 3.8) is 0 Å². The molecule has 2 aromatic heterocycles. The van der Waals surface area contributed by atoms with Crippen molar-refractivity contribution in [1.82, 2.24) is 25.2 Å². The molecule has 0 spiro atoms. The average Bonchev–Trinajstić information content (AvgIpc) is 3.52. The van der Waals surface area contributed by atoms with Gasteiger partial charge in [0.1, 0.15) is 36.3 Å². The first-order chi connectivity index (χ1) is 19.0. The van der Waals surface area contributed by atoms with E-state index in [0.717, 1.165) is 28.4 Å². The van der Waals surface area contributed by atoms with E-state index in [1.54, 1.807) is 6.07 Å². The molecule has 4 heterocycles. The summed E-state index contributed by atoms with van der Waals surface area (Å²) in [5.74, 6) is 0.118. The number of nitrogens with zero attached hydrogens (tertiary/aromatic N) is 5. The number of aliphatic hydroxyl groups excluding tert-OH is 1. The first kappa shape index (κ1) is 28.5. The summed E-state index contributed by atoms with van der Waals surface area (Å²) in [7, 11) is 0. The summed E-state index contributed by atoms with van der Waals surface area (Å²) in [6, 6.07) is 3.95. The van der Waals surface area contributed by atoms with Gasteiger partial charge in [0.05, 0.1) is 28.5 Å². The summed E-state index contributed by atoms with van der Waals surface area (Å²) in [4.78, 5) is 18.8. The molecule has 2 fully saturated rings. The molecule has 5 atom stereocenters. The molecule has 2 saturated heterocycles. The summed E-state index contributed by atoms with van der Waals surface area (Å²) in [5.41, 5.74) is 8.97. The van der Waals surface area contributed by atoms with E-state index in [1.807, 2.05) is 6.92 Å². The van der Waals surface area contributed by atoms with Crippen LogP contribution in [0.4, 0.5) is 13.2 Å². The Balaban J connectivity index is 1.53.